The Labute approximate surface area is 94.2 Å². The molecule has 1 aromatic carbocycles. The first-order chi connectivity index (χ1) is 7.72. The van der Waals surface area contributed by atoms with Crippen molar-refractivity contribution in [3.63, 3.8) is 0 Å². The molecule has 1 aromatic rings. The number of nitrogens with one attached hydrogen (secondary N) is 1. The van der Waals surface area contributed by atoms with E-state index >= 15 is 0 Å². The number of unbranched alkanes of at least 4 members (excludes halogenated alkanes) is 1. The zero-order chi connectivity index (χ0) is 11.5. The lowest BCUT2D eigenvalue weighted by Gasteiger charge is -2.21. The Balaban J connectivity index is 2.34. The highest BCUT2D eigenvalue weighted by Crippen LogP contribution is 2.39. The van der Waals surface area contributed by atoms with Gasteiger partial charge in [-0.3, -0.25) is 4.79 Å². The van der Waals surface area contributed by atoms with Gasteiger partial charge in [0.15, 0.2) is 12.4 Å². The zero-order valence-electron chi connectivity index (χ0n) is 9.25. The number of benzene rings is 1. The molecule has 1 heterocycles. The fourth-order valence-corrected chi connectivity index (χ4v) is 1.78. The van der Waals surface area contributed by atoms with Crippen LogP contribution >= 0.6 is 0 Å². The highest BCUT2D eigenvalue weighted by molar-refractivity contribution is 5.97. The average Bonchev–Trinajstić information content (AvgIpc) is 2.29. The summed E-state index contributed by atoms with van der Waals surface area (Å²) < 4.78 is 5.37. The van der Waals surface area contributed by atoms with Gasteiger partial charge < -0.3 is 15.2 Å². The molecular weight excluding hydrogens is 206 g/mol. The van der Waals surface area contributed by atoms with Gasteiger partial charge in [0.25, 0.3) is 5.91 Å². The van der Waals surface area contributed by atoms with Crippen LogP contribution < -0.4 is 10.1 Å². The third-order valence-electron chi connectivity index (χ3n) is 2.63. The number of hydrogen-bond acceptors (Lipinski definition) is 3. The topological polar surface area (TPSA) is 58.6 Å². The largest absolute Gasteiger partial charge is 0.506 e. The standard InChI is InChI=1S/C12H15NO3/c1-2-3-4-8-5-6-9(14)11-12(8)16-7-10(15)13-11/h5-6,14H,2-4,7H2,1H3,(H,13,15). The predicted molar refractivity (Wildman–Crippen MR) is 60.8 cm³/mol. The highest BCUT2D eigenvalue weighted by Gasteiger charge is 2.21. The van der Waals surface area contributed by atoms with Gasteiger partial charge in [-0.2, -0.15) is 0 Å². The van der Waals surface area contributed by atoms with Crippen LogP contribution in [0.2, 0.25) is 0 Å². The minimum Gasteiger partial charge on any atom is -0.506 e. The van der Waals surface area contributed by atoms with Crippen molar-refractivity contribution in [3.05, 3.63) is 17.7 Å². The van der Waals surface area contributed by atoms with E-state index in [1.165, 1.54) is 0 Å². The summed E-state index contributed by atoms with van der Waals surface area (Å²) in [6.07, 6.45) is 3.06. The number of carbonyl (C=O) groups is 1. The summed E-state index contributed by atoms with van der Waals surface area (Å²) in [7, 11) is 0. The van der Waals surface area contributed by atoms with Crippen LogP contribution in [-0.2, 0) is 11.2 Å². The van der Waals surface area contributed by atoms with E-state index in [0.29, 0.717) is 11.4 Å². The van der Waals surface area contributed by atoms with Crippen molar-refractivity contribution in [1.82, 2.24) is 0 Å². The molecule has 0 saturated carbocycles. The summed E-state index contributed by atoms with van der Waals surface area (Å²) in [5, 5.41) is 12.3. The van der Waals surface area contributed by atoms with Crippen molar-refractivity contribution in [3.8, 4) is 11.5 Å². The molecule has 4 heteroatoms. The Morgan fingerprint density at radius 1 is 1.50 bits per heavy atom. The molecule has 0 fully saturated rings. The molecule has 4 nitrogen and oxygen atoms in total. The molecule has 0 radical (unpaired) electrons. The van der Waals surface area contributed by atoms with Gasteiger partial charge in [0.2, 0.25) is 0 Å². The van der Waals surface area contributed by atoms with E-state index < -0.39 is 0 Å². The summed E-state index contributed by atoms with van der Waals surface area (Å²) in [6, 6.07) is 3.44. The second kappa shape index (κ2) is 4.43. The normalized spacial score (nSPS) is 13.9. The quantitative estimate of drug-likeness (QED) is 0.768. The Morgan fingerprint density at radius 3 is 3.06 bits per heavy atom. The van der Waals surface area contributed by atoms with E-state index in [-0.39, 0.29) is 18.3 Å². The molecule has 1 aliphatic heterocycles. The average molecular weight is 221 g/mol. The Hall–Kier alpha value is -1.71. The number of hydrogen-bond donors (Lipinski definition) is 2. The van der Waals surface area contributed by atoms with E-state index in [1.54, 1.807) is 6.07 Å². The van der Waals surface area contributed by atoms with Gasteiger partial charge >= 0.3 is 0 Å². The van der Waals surface area contributed by atoms with Crippen LogP contribution in [0, 0.1) is 0 Å². The van der Waals surface area contributed by atoms with Gasteiger partial charge in [-0.05, 0) is 24.5 Å². The molecule has 0 unspecified atom stereocenters. The molecule has 2 N–H and O–H groups in total. The number of phenols is 1. The molecule has 16 heavy (non-hydrogen) atoms. The van der Waals surface area contributed by atoms with E-state index in [0.717, 1.165) is 24.8 Å². The third-order valence-corrected chi connectivity index (χ3v) is 2.63. The lowest BCUT2D eigenvalue weighted by molar-refractivity contribution is -0.118. The lowest BCUT2D eigenvalue weighted by Crippen LogP contribution is -2.26. The Kier molecular flexibility index (Phi) is 2.99. The maximum Gasteiger partial charge on any atom is 0.262 e. The van der Waals surface area contributed by atoms with Gasteiger partial charge in [-0.15, -0.1) is 0 Å². The van der Waals surface area contributed by atoms with E-state index in [4.69, 9.17) is 4.74 Å². The molecule has 86 valence electrons. The molecular formula is C12H15NO3. The minimum atomic E-state index is -0.226. The SMILES string of the molecule is CCCCc1ccc(O)c2c1OCC(=O)N2. The molecule has 0 bridgehead atoms. The second-order valence-electron chi connectivity index (χ2n) is 3.89. The minimum absolute atomic E-state index is 0.0234. The van der Waals surface area contributed by atoms with Crippen LogP contribution in [-0.4, -0.2) is 17.6 Å². The van der Waals surface area contributed by atoms with Crippen molar-refractivity contribution in [2.24, 2.45) is 0 Å². The first-order valence-corrected chi connectivity index (χ1v) is 5.50. The summed E-state index contributed by atoms with van der Waals surface area (Å²) in [5.74, 6) is 0.451. The summed E-state index contributed by atoms with van der Waals surface area (Å²) in [5.41, 5.74) is 1.44. The number of amides is 1. The van der Waals surface area contributed by atoms with Crippen LogP contribution in [0.4, 0.5) is 5.69 Å². The maximum absolute atomic E-state index is 11.2. The van der Waals surface area contributed by atoms with Gasteiger partial charge in [-0.1, -0.05) is 19.4 Å². The zero-order valence-corrected chi connectivity index (χ0v) is 9.25. The maximum atomic E-state index is 11.2. The number of phenolic OH excluding ortho intramolecular Hbond substituents is 1. The van der Waals surface area contributed by atoms with Crippen molar-refractivity contribution in [2.75, 3.05) is 11.9 Å². The second-order valence-corrected chi connectivity index (χ2v) is 3.89. The van der Waals surface area contributed by atoms with Crippen molar-refractivity contribution in [1.29, 1.82) is 0 Å². The lowest BCUT2D eigenvalue weighted by atomic mass is 10.0. The molecule has 1 aliphatic rings. The van der Waals surface area contributed by atoms with Gasteiger partial charge in [-0.25, -0.2) is 0 Å². The van der Waals surface area contributed by atoms with Crippen LogP contribution in [0.1, 0.15) is 25.3 Å². The Morgan fingerprint density at radius 2 is 2.31 bits per heavy atom. The van der Waals surface area contributed by atoms with E-state index in [1.807, 2.05) is 6.07 Å². The molecule has 0 aromatic heterocycles. The molecule has 0 atom stereocenters. The summed E-state index contributed by atoms with van der Waals surface area (Å²) in [6.45, 7) is 2.14. The predicted octanol–water partition coefficient (Wildman–Crippen LogP) is 2.07. The van der Waals surface area contributed by atoms with E-state index in [9.17, 15) is 9.90 Å². The number of aryl methyl sites for hydroxylation is 1. The third kappa shape index (κ3) is 1.96. The van der Waals surface area contributed by atoms with Crippen LogP contribution in [0.15, 0.2) is 12.1 Å². The molecule has 2 rings (SSSR count). The molecule has 0 aliphatic carbocycles. The van der Waals surface area contributed by atoms with Gasteiger partial charge in [0, 0.05) is 0 Å². The number of fused-ring (bicyclic) bond motifs is 1. The molecule has 1 amide bonds. The van der Waals surface area contributed by atoms with Gasteiger partial charge in [0.1, 0.15) is 11.4 Å². The van der Waals surface area contributed by atoms with Crippen LogP contribution in [0.25, 0.3) is 0 Å². The number of rotatable bonds is 3. The van der Waals surface area contributed by atoms with Gasteiger partial charge in [0.05, 0.1) is 0 Å². The molecule has 0 spiro atoms. The van der Waals surface area contributed by atoms with Crippen molar-refractivity contribution < 1.29 is 14.6 Å². The van der Waals surface area contributed by atoms with Crippen molar-refractivity contribution in [2.45, 2.75) is 26.2 Å². The van der Waals surface area contributed by atoms with E-state index in [2.05, 4.69) is 12.2 Å². The number of anilines is 1. The number of ether oxygens (including phenoxy) is 1. The smallest absolute Gasteiger partial charge is 0.262 e. The first kappa shape index (κ1) is 10.8. The number of carbonyl (C=O) groups excluding carboxylic acids is 1. The van der Waals surface area contributed by atoms with Crippen LogP contribution in [0.3, 0.4) is 0 Å². The number of aromatic hydroxyl groups is 1. The highest BCUT2D eigenvalue weighted by atomic mass is 16.5. The molecule has 0 saturated heterocycles. The monoisotopic (exact) mass is 221 g/mol. The fourth-order valence-electron chi connectivity index (χ4n) is 1.78. The Bertz CT molecular complexity index is 415. The first-order valence-electron chi connectivity index (χ1n) is 5.50. The van der Waals surface area contributed by atoms with Crippen molar-refractivity contribution >= 4 is 11.6 Å². The summed E-state index contributed by atoms with van der Waals surface area (Å²) >= 11 is 0. The van der Waals surface area contributed by atoms with Crippen LogP contribution in [0.5, 0.6) is 11.5 Å². The fraction of sp³-hybridized carbons (Fsp3) is 0.417. The summed E-state index contributed by atoms with van der Waals surface area (Å²) in [4.78, 5) is 11.2.